The second kappa shape index (κ2) is 8.21. The summed E-state index contributed by atoms with van der Waals surface area (Å²) >= 11 is 0. The fourth-order valence-electron chi connectivity index (χ4n) is 4.25. The number of hydrogen-bond donors (Lipinski definition) is 1. The highest BCUT2D eigenvalue weighted by Crippen LogP contribution is 2.50. The van der Waals surface area contributed by atoms with Crippen LogP contribution in [0.5, 0.6) is 11.5 Å². The Bertz CT molecular complexity index is 1350. The van der Waals surface area contributed by atoms with Gasteiger partial charge in [0.2, 0.25) is 11.7 Å². The molecule has 2 aliphatic rings. The van der Waals surface area contributed by atoms with Gasteiger partial charge in [-0.3, -0.25) is 0 Å². The molecule has 0 saturated carbocycles. The van der Waals surface area contributed by atoms with Crippen LogP contribution in [0.3, 0.4) is 0 Å². The van der Waals surface area contributed by atoms with Crippen molar-refractivity contribution in [3.63, 3.8) is 0 Å². The molecule has 10 heteroatoms. The minimum absolute atomic E-state index is 0.183. The van der Waals surface area contributed by atoms with Gasteiger partial charge >= 0.3 is 6.36 Å². The van der Waals surface area contributed by atoms with Gasteiger partial charge in [0.1, 0.15) is 17.6 Å². The molecule has 7 nitrogen and oxygen atoms in total. The third-order valence-electron chi connectivity index (χ3n) is 5.85. The van der Waals surface area contributed by atoms with Crippen LogP contribution in [0, 0.1) is 11.3 Å². The molecule has 5 rings (SSSR count). The van der Waals surface area contributed by atoms with E-state index in [1.165, 1.54) is 29.3 Å². The van der Waals surface area contributed by atoms with Crippen LogP contribution in [0.2, 0.25) is 0 Å². The molecule has 2 atom stereocenters. The molecule has 0 aliphatic carbocycles. The molecule has 0 saturated heterocycles. The number of alkyl halides is 3. The van der Waals surface area contributed by atoms with Crippen LogP contribution in [0.4, 0.5) is 13.2 Å². The Morgan fingerprint density at radius 2 is 1.86 bits per heavy atom. The molecule has 0 amide bonds. The minimum atomic E-state index is -4.77. The van der Waals surface area contributed by atoms with Gasteiger partial charge in [0.25, 0.3) is 0 Å². The van der Waals surface area contributed by atoms with Crippen molar-refractivity contribution in [1.29, 1.82) is 5.26 Å². The average Bonchev–Trinajstić information content (AvgIpc) is 3.11. The number of halogens is 3. The topological polar surface area (TPSA) is 93.1 Å². The number of rotatable bonds is 3. The maximum atomic E-state index is 12.5. The van der Waals surface area contributed by atoms with Crippen molar-refractivity contribution < 1.29 is 27.5 Å². The van der Waals surface area contributed by atoms with E-state index in [0.717, 1.165) is 11.1 Å². The Hall–Kier alpha value is -4.23. The third kappa shape index (κ3) is 4.34. The first-order chi connectivity index (χ1) is 16.7. The van der Waals surface area contributed by atoms with Gasteiger partial charge in [0.05, 0.1) is 17.2 Å². The van der Waals surface area contributed by atoms with Gasteiger partial charge < -0.3 is 15.2 Å². The van der Waals surface area contributed by atoms with Crippen molar-refractivity contribution in [2.45, 2.75) is 24.6 Å². The van der Waals surface area contributed by atoms with E-state index in [1.54, 1.807) is 31.3 Å². The van der Waals surface area contributed by atoms with E-state index >= 15 is 0 Å². The molecule has 0 aromatic heterocycles. The molecule has 1 spiro atoms. The van der Waals surface area contributed by atoms with Gasteiger partial charge in [-0.05, 0) is 53.1 Å². The standard InChI is InChI=1S/C25H19F3N4O3/c1-32-23(30)31-24(35-32)13-22(16-5-8-19(9-6-16)34-25(26,27)28)33-21-10-7-18(12-20(21)24)17-4-2-3-15(11-17)14-29/h2-12,22H,13H2,1H3,(H2,30,31). The molecule has 178 valence electrons. The average molecular weight is 480 g/mol. The van der Waals surface area contributed by atoms with Crippen molar-refractivity contribution in [2.24, 2.45) is 10.7 Å². The monoisotopic (exact) mass is 480 g/mol. The number of guanidine groups is 1. The smallest absolute Gasteiger partial charge is 0.485 e. The quantitative estimate of drug-likeness (QED) is 0.568. The first-order valence-corrected chi connectivity index (χ1v) is 10.6. The van der Waals surface area contributed by atoms with Crippen LogP contribution >= 0.6 is 0 Å². The lowest BCUT2D eigenvalue weighted by Crippen LogP contribution is -2.36. The number of nitrogens with two attached hydrogens (primary N) is 1. The zero-order valence-electron chi connectivity index (χ0n) is 18.4. The third-order valence-corrected chi connectivity index (χ3v) is 5.85. The first kappa shape index (κ1) is 22.6. The predicted octanol–water partition coefficient (Wildman–Crippen LogP) is 4.99. The van der Waals surface area contributed by atoms with Gasteiger partial charge in [-0.25, -0.2) is 14.9 Å². The Labute approximate surface area is 198 Å². The van der Waals surface area contributed by atoms with E-state index in [1.807, 2.05) is 18.2 Å². The summed E-state index contributed by atoms with van der Waals surface area (Å²) in [5.41, 5.74) is 8.33. The molecule has 0 bridgehead atoms. The fraction of sp³-hybridized carbons (Fsp3) is 0.200. The molecule has 2 N–H and O–H groups in total. The van der Waals surface area contributed by atoms with Crippen molar-refractivity contribution in [1.82, 2.24) is 5.06 Å². The lowest BCUT2D eigenvalue weighted by atomic mass is 9.88. The number of fused-ring (bicyclic) bond motifs is 2. The minimum Gasteiger partial charge on any atom is -0.485 e. The predicted molar refractivity (Wildman–Crippen MR) is 120 cm³/mol. The van der Waals surface area contributed by atoms with E-state index in [9.17, 15) is 18.4 Å². The highest BCUT2D eigenvalue weighted by atomic mass is 19.4. The Morgan fingerprint density at radius 1 is 1.11 bits per heavy atom. The van der Waals surface area contributed by atoms with Gasteiger partial charge in [-0.15, -0.1) is 13.2 Å². The van der Waals surface area contributed by atoms with Crippen molar-refractivity contribution in [2.75, 3.05) is 7.05 Å². The van der Waals surface area contributed by atoms with Crippen LogP contribution in [0.25, 0.3) is 11.1 Å². The normalized spacial score (nSPS) is 21.2. The summed E-state index contributed by atoms with van der Waals surface area (Å²) < 4.78 is 47.8. The molecule has 2 heterocycles. The molecule has 2 unspecified atom stereocenters. The summed E-state index contributed by atoms with van der Waals surface area (Å²) in [6.07, 6.45) is -5.12. The Kier molecular flexibility index (Phi) is 5.29. The summed E-state index contributed by atoms with van der Waals surface area (Å²) in [7, 11) is 1.64. The van der Waals surface area contributed by atoms with E-state index in [2.05, 4.69) is 15.8 Å². The van der Waals surface area contributed by atoms with E-state index in [0.29, 0.717) is 22.4 Å². The van der Waals surface area contributed by atoms with Gasteiger partial charge in [-0.2, -0.15) is 5.26 Å². The maximum Gasteiger partial charge on any atom is 0.573 e. The summed E-state index contributed by atoms with van der Waals surface area (Å²) in [5.74, 6) is 0.363. The zero-order valence-corrected chi connectivity index (χ0v) is 18.4. The second-order valence-electron chi connectivity index (χ2n) is 8.17. The molecule has 35 heavy (non-hydrogen) atoms. The van der Waals surface area contributed by atoms with Gasteiger partial charge in [0.15, 0.2) is 0 Å². The van der Waals surface area contributed by atoms with E-state index < -0.39 is 18.2 Å². The zero-order chi connectivity index (χ0) is 24.8. The van der Waals surface area contributed by atoms with Crippen molar-refractivity contribution in [3.8, 4) is 28.7 Å². The molecule has 3 aromatic carbocycles. The Balaban J connectivity index is 1.53. The Morgan fingerprint density at radius 3 is 2.51 bits per heavy atom. The highest BCUT2D eigenvalue weighted by Gasteiger charge is 2.49. The molecular formula is C25H19F3N4O3. The van der Waals surface area contributed by atoms with Gasteiger partial charge in [0, 0.05) is 13.5 Å². The van der Waals surface area contributed by atoms with Crippen LogP contribution < -0.4 is 15.2 Å². The number of hydrogen-bond acceptors (Lipinski definition) is 7. The molecule has 0 radical (unpaired) electrons. The molecule has 0 fully saturated rings. The number of ether oxygens (including phenoxy) is 2. The largest absolute Gasteiger partial charge is 0.573 e. The first-order valence-electron chi connectivity index (χ1n) is 10.6. The number of aliphatic imine (C=N–C) groups is 1. The summed E-state index contributed by atoms with van der Waals surface area (Å²) in [6, 6.07) is 20.4. The van der Waals surface area contributed by atoms with E-state index in [4.69, 9.17) is 15.3 Å². The summed E-state index contributed by atoms with van der Waals surface area (Å²) in [5, 5.41) is 10.6. The van der Waals surface area contributed by atoms with E-state index in [-0.39, 0.29) is 18.1 Å². The van der Waals surface area contributed by atoms with Crippen LogP contribution in [-0.4, -0.2) is 24.4 Å². The van der Waals surface area contributed by atoms with Crippen molar-refractivity contribution in [3.05, 3.63) is 83.4 Å². The number of nitriles is 1. The number of nitrogens with zero attached hydrogens (tertiary/aromatic N) is 3. The second-order valence-corrected chi connectivity index (χ2v) is 8.17. The summed E-state index contributed by atoms with van der Waals surface area (Å²) in [4.78, 5) is 10.7. The van der Waals surface area contributed by atoms with Crippen LogP contribution in [0.15, 0.2) is 71.7 Å². The number of hydroxylamine groups is 2. The highest BCUT2D eigenvalue weighted by molar-refractivity contribution is 5.79. The van der Waals surface area contributed by atoms with Gasteiger partial charge in [-0.1, -0.05) is 30.3 Å². The SMILES string of the molecule is CN1OC2(CC(c3ccc(OC(F)(F)F)cc3)Oc3ccc(-c4cccc(C#N)c4)cc32)N=C1N. The maximum absolute atomic E-state index is 12.5. The molecule has 2 aliphatic heterocycles. The van der Waals surface area contributed by atoms with Crippen LogP contribution in [-0.2, 0) is 10.6 Å². The van der Waals surface area contributed by atoms with Crippen LogP contribution in [0.1, 0.15) is 29.2 Å². The fourth-order valence-corrected chi connectivity index (χ4v) is 4.25. The lowest BCUT2D eigenvalue weighted by Gasteiger charge is -2.37. The lowest BCUT2D eigenvalue weighted by molar-refractivity contribution is -0.274. The summed E-state index contributed by atoms with van der Waals surface area (Å²) in [6.45, 7) is 0. The van der Waals surface area contributed by atoms with Crippen molar-refractivity contribution >= 4 is 5.96 Å². The number of benzene rings is 3. The molecular weight excluding hydrogens is 461 g/mol. The molecule has 3 aromatic rings.